The van der Waals surface area contributed by atoms with Gasteiger partial charge in [0.1, 0.15) is 24.2 Å². The second-order valence-electron chi connectivity index (χ2n) is 10.4. The number of halogens is 4. The van der Waals surface area contributed by atoms with E-state index in [4.69, 9.17) is 9.47 Å². The van der Waals surface area contributed by atoms with Crippen molar-refractivity contribution in [2.45, 2.75) is 44.1 Å². The van der Waals surface area contributed by atoms with Gasteiger partial charge in [0.05, 0.1) is 19.9 Å². The Labute approximate surface area is 233 Å². The molecule has 5 rings (SSSR count). The Morgan fingerprint density at radius 2 is 1.95 bits per heavy atom. The molecule has 2 amide bonds. The molecule has 12 heteroatoms. The van der Waals surface area contributed by atoms with Gasteiger partial charge in [-0.15, -0.1) is 0 Å². The maximum atomic E-state index is 13.7. The van der Waals surface area contributed by atoms with Gasteiger partial charge in [0, 0.05) is 29.8 Å². The van der Waals surface area contributed by atoms with Crippen molar-refractivity contribution in [1.29, 1.82) is 0 Å². The lowest BCUT2D eigenvalue weighted by molar-refractivity contribution is -0.187. The number of aromatic nitrogens is 1. The number of rotatable bonds is 7. The minimum absolute atomic E-state index is 0.0815. The maximum Gasteiger partial charge on any atom is 0.411 e. The number of allylic oxidation sites excluding steroid dienone is 3. The number of ketones is 1. The average Bonchev–Trinajstić information content (AvgIpc) is 3.46. The van der Waals surface area contributed by atoms with Gasteiger partial charge in [-0.1, -0.05) is 24.3 Å². The molecule has 1 saturated carbocycles. The molecule has 1 aromatic carbocycles. The maximum absolute atomic E-state index is 13.7. The average molecular weight is 574 g/mol. The highest BCUT2D eigenvalue weighted by Crippen LogP contribution is 2.49. The number of hydrogen-bond donors (Lipinski definition) is 0. The van der Waals surface area contributed by atoms with Crippen LogP contribution >= 0.6 is 0 Å². The summed E-state index contributed by atoms with van der Waals surface area (Å²) in [4.78, 5) is 45.3. The van der Waals surface area contributed by atoms with Crippen molar-refractivity contribution in [3.05, 3.63) is 77.4 Å². The van der Waals surface area contributed by atoms with Gasteiger partial charge in [-0.3, -0.25) is 19.5 Å². The fourth-order valence-electron chi connectivity index (χ4n) is 5.59. The summed E-state index contributed by atoms with van der Waals surface area (Å²) in [6, 6.07) is 4.33. The molecule has 0 N–H and O–H groups in total. The van der Waals surface area contributed by atoms with E-state index in [0.29, 0.717) is 45.8 Å². The number of benzene rings is 1. The Morgan fingerprint density at radius 3 is 2.63 bits per heavy atom. The van der Waals surface area contributed by atoms with E-state index in [-0.39, 0.29) is 12.3 Å². The summed E-state index contributed by atoms with van der Waals surface area (Å²) in [6.07, 6.45) is 1.59. The number of pyridine rings is 1. The van der Waals surface area contributed by atoms with Crippen molar-refractivity contribution in [3.63, 3.8) is 0 Å². The van der Waals surface area contributed by atoms with Crippen LogP contribution in [0.1, 0.15) is 30.9 Å². The Morgan fingerprint density at radius 1 is 1.22 bits per heavy atom. The second-order valence-corrected chi connectivity index (χ2v) is 10.4. The zero-order valence-corrected chi connectivity index (χ0v) is 22.3. The number of methoxy groups -OCH3 is 1. The number of ether oxygens (including phenoxy) is 2. The van der Waals surface area contributed by atoms with Crippen LogP contribution in [0.25, 0.3) is 5.57 Å². The van der Waals surface area contributed by atoms with Crippen molar-refractivity contribution in [3.8, 4) is 5.75 Å². The van der Waals surface area contributed by atoms with Gasteiger partial charge in [-0.05, 0) is 49.1 Å². The topological polar surface area (TPSA) is 89.0 Å². The van der Waals surface area contributed by atoms with E-state index in [1.807, 2.05) is 0 Å². The van der Waals surface area contributed by atoms with E-state index in [1.54, 1.807) is 24.4 Å². The zero-order valence-electron chi connectivity index (χ0n) is 22.3. The van der Waals surface area contributed by atoms with Crippen LogP contribution in [0.2, 0.25) is 0 Å². The molecule has 1 saturated heterocycles. The molecule has 1 spiro atoms. The first-order valence-corrected chi connectivity index (χ1v) is 13.0. The fraction of sp³-hybridized carbons (Fsp3) is 0.379. The smallest absolute Gasteiger partial charge is 0.411 e. The van der Waals surface area contributed by atoms with E-state index in [2.05, 4.69) is 4.98 Å². The van der Waals surface area contributed by atoms with Crippen LogP contribution in [-0.4, -0.2) is 70.6 Å². The lowest BCUT2D eigenvalue weighted by Gasteiger charge is -2.32. The zero-order chi connectivity index (χ0) is 29.5. The number of amides is 2. The standard InChI is InChI=1S/C29H27F4N3O5/c1-17(29(31,32)33)36(14-18-3-5-20(30)6-4-18)25(37)15-35-16-28(41-27(35)39)10-9-23-24(28)8-7-22(26(23)38)19-11-21(40-2)13-34-12-19/h3-8,11-13,17,23H,9-10,14-16H2,1-2H3/t17-,23?,28-/m0/s1. The van der Waals surface area contributed by atoms with Crippen LogP contribution in [0, 0.1) is 11.7 Å². The molecule has 0 radical (unpaired) electrons. The summed E-state index contributed by atoms with van der Waals surface area (Å²) in [6.45, 7) is -0.304. The number of carbonyl (C=O) groups is 3. The third-order valence-corrected chi connectivity index (χ3v) is 7.85. The molecule has 1 aliphatic heterocycles. The highest BCUT2D eigenvalue weighted by Gasteiger charge is 2.56. The van der Waals surface area contributed by atoms with Crippen molar-refractivity contribution < 1.29 is 41.4 Å². The van der Waals surface area contributed by atoms with Gasteiger partial charge in [0.2, 0.25) is 5.91 Å². The first-order valence-electron chi connectivity index (χ1n) is 13.0. The van der Waals surface area contributed by atoms with Gasteiger partial charge < -0.3 is 14.4 Å². The fourth-order valence-corrected chi connectivity index (χ4v) is 5.59. The highest BCUT2D eigenvalue weighted by molar-refractivity contribution is 6.24. The Balaban J connectivity index is 1.35. The minimum atomic E-state index is -4.73. The third-order valence-electron chi connectivity index (χ3n) is 7.85. The van der Waals surface area contributed by atoms with E-state index in [1.165, 1.54) is 25.4 Å². The van der Waals surface area contributed by atoms with Crippen LogP contribution in [0.15, 0.2) is 60.5 Å². The number of carbonyl (C=O) groups excluding carboxylic acids is 3. The second kappa shape index (κ2) is 10.6. The first-order chi connectivity index (χ1) is 19.4. The molecule has 2 fully saturated rings. The van der Waals surface area contributed by atoms with Crippen molar-refractivity contribution in [1.82, 2.24) is 14.8 Å². The Kier molecular flexibility index (Phi) is 7.35. The van der Waals surface area contributed by atoms with Crippen LogP contribution in [-0.2, 0) is 20.9 Å². The summed E-state index contributed by atoms with van der Waals surface area (Å²) in [5.74, 6) is -1.72. The van der Waals surface area contributed by atoms with E-state index in [0.717, 1.165) is 24.0 Å². The summed E-state index contributed by atoms with van der Waals surface area (Å²) >= 11 is 0. The summed E-state index contributed by atoms with van der Waals surface area (Å²) in [5, 5.41) is 0. The summed E-state index contributed by atoms with van der Waals surface area (Å²) in [7, 11) is 1.49. The van der Waals surface area contributed by atoms with Gasteiger partial charge in [0.15, 0.2) is 11.4 Å². The van der Waals surface area contributed by atoms with Crippen molar-refractivity contribution in [2.24, 2.45) is 5.92 Å². The monoisotopic (exact) mass is 573 g/mol. The molecule has 3 atom stereocenters. The van der Waals surface area contributed by atoms with Crippen LogP contribution in [0.4, 0.5) is 22.4 Å². The molecule has 216 valence electrons. The lowest BCUT2D eigenvalue weighted by Crippen LogP contribution is -2.50. The Hall–Kier alpha value is -4.22. The van der Waals surface area contributed by atoms with E-state index < -0.39 is 54.6 Å². The van der Waals surface area contributed by atoms with Crippen LogP contribution in [0.3, 0.4) is 0 Å². The predicted molar refractivity (Wildman–Crippen MR) is 138 cm³/mol. The molecule has 41 heavy (non-hydrogen) atoms. The quantitative estimate of drug-likeness (QED) is 0.446. The normalized spacial score (nSPS) is 22.7. The third kappa shape index (κ3) is 5.42. The summed E-state index contributed by atoms with van der Waals surface area (Å²) < 4.78 is 65.2. The minimum Gasteiger partial charge on any atom is -0.495 e. The molecule has 3 aliphatic rings. The van der Waals surface area contributed by atoms with Crippen molar-refractivity contribution in [2.75, 3.05) is 20.2 Å². The van der Waals surface area contributed by atoms with E-state index >= 15 is 0 Å². The van der Waals surface area contributed by atoms with E-state index in [9.17, 15) is 31.9 Å². The number of hydrogen-bond acceptors (Lipinski definition) is 6. The Bertz CT molecular complexity index is 1440. The van der Waals surface area contributed by atoms with Crippen LogP contribution < -0.4 is 4.74 Å². The molecule has 1 aromatic heterocycles. The molecule has 1 unspecified atom stereocenters. The number of Topliss-reactive ketones (excluding diaryl/α,β-unsaturated/α-hetero) is 1. The van der Waals surface area contributed by atoms with Gasteiger partial charge in [-0.25, -0.2) is 9.18 Å². The molecule has 2 aliphatic carbocycles. The highest BCUT2D eigenvalue weighted by atomic mass is 19.4. The number of fused-ring (bicyclic) bond motifs is 2. The lowest BCUT2D eigenvalue weighted by atomic mass is 9.82. The number of nitrogens with zero attached hydrogens (tertiary/aromatic N) is 3. The van der Waals surface area contributed by atoms with Crippen LogP contribution in [0.5, 0.6) is 5.75 Å². The first kappa shape index (κ1) is 28.3. The van der Waals surface area contributed by atoms with Gasteiger partial charge in [0.25, 0.3) is 0 Å². The SMILES string of the molecule is COc1cncc(C2=CC=C3C(CC[C@]34CN(CC(=O)N(Cc3ccc(F)cc3)[C@@H](C)C(F)(F)F)C(=O)O4)C2=O)c1. The van der Waals surface area contributed by atoms with Crippen molar-refractivity contribution >= 4 is 23.4 Å². The molecule has 2 heterocycles. The number of alkyl halides is 3. The molecule has 0 bridgehead atoms. The molecular formula is C29H27F4N3O5. The predicted octanol–water partition coefficient (Wildman–Crippen LogP) is 4.70. The largest absolute Gasteiger partial charge is 0.495 e. The van der Waals surface area contributed by atoms with Gasteiger partial charge in [-0.2, -0.15) is 13.2 Å². The van der Waals surface area contributed by atoms with Gasteiger partial charge >= 0.3 is 12.3 Å². The molecule has 8 nitrogen and oxygen atoms in total. The molecule has 2 aromatic rings. The molecular weight excluding hydrogens is 546 g/mol. The summed E-state index contributed by atoms with van der Waals surface area (Å²) in [5.41, 5.74) is 0.758.